The predicted octanol–water partition coefficient (Wildman–Crippen LogP) is 5.07. The minimum atomic E-state index is 0.454. The first kappa shape index (κ1) is 15.1. The molecule has 0 bridgehead atoms. The molecule has 4 aromatic rings. The fourth-order valence-electron chi connectivity index (χ4n) is 3.60. The van der Waals surface area contributed by atoms with Gasteiger partial charge < -0.3 is 0 Å². The van der Waals surface area contributed by atoms with Crippen LogP contribution in [0.15, 0.2) is 83.9 Å². The number of rotatable bonds is 2. The molecule has 0 unspecified atom stereocenters. The summed E-state index contributed by atoms with van der Waals surface area (Å²) in [6, 6.07) is 27.5. The van der Waals surface area contributed by atoms with Crippen LogP contribution >= 0.6 is 0 Å². The number of hydroxylamine groups is 2. The van der Waals surface area contributed by atoms with Gasteiger partial charge in [0.25, 0.3) is 0 Å². The molecule has 1 aliphatic rings. The van der Waals surface area contributed by atoms with Crippen molar-refractivity contribution in [3.8, 4) is 11.1 Å². The molecule has 26 heavy (non-hydrogen) atoms. The summed E-state index contributed by atoms with van der Waals surface area (Å²) in [7, 11) is 0. The largest absolute Gasteiger partial charge is 0.264 e. The topological polar surface area (TPSA) is 35.5 Å². The van der Waals surface area contributed by atoms with Crippen LogP contribution in [0.5, 0.6) is 0 Å². The van der Waals surface area contributed by atoms with Crippen LogP contribution in [0.1, 0.15) is 5.56 Å². The highest BCUT2D eigenvalue weighted by Crippen LogP contribution is 2.28. The molecule has 3 nitrogen and oxygen atoms in total. The molecule has 0 atom stereocenters. The van der Waals surface area contributed by atoms with E-state index in [2.05, 4.69) is 71.7 Å². The molecule has 3 heteroatoms. The van der Waals surface area contributed by atoms with Gasteiger partial charge in [0.15, 0.2) is 5.84 Å². The highest BCUT2D eigenvalue weighted by Gasteiger charge is 2.17. The van der Waals surface area contributed by atoms with Gasteiger partial charge in [-0.3, -0.25) is 4.99 Å². The average molecular weight is 337 g/mol. The van der Waals surface area contributed by atoms with Crippen LogP contribution in [-0.4, -0.2) is 24.0 Å². The Bertz CT molecular complexity index is 1150. The van der Waals surface area contributed by atoms with Crippen LogP contribution in [0, 0.1) is 0 Å². The van der Waals surface area contributed by atoms with E-state index in [-0.39, 0.29) is 0 Å². The fraction of sp³-hybridized carbons (Fsp3) is 0.0870. The lowest BCUT2D eigenvalue weighted by Gasteiger charge is -2.10. The number of nitrogens with zero attached hydrogens (tertiary/aromatic N) is 2. The third-order valence-electron chi connectivity index (χ3n) is 4.98. The Hall–Kier alpha value is -3.17. The summed E-state index contributed by atoms with van der Waals surface area (Å²) in [5.41, 5.74) is 3.19. The van der Waals surface area contributed by atoms with E-state index in [0.29, 0.717) is 18.9 Å². The number of aliphatic imine (C=N–C) groups is 1. The first-order valence-electron chi connectivity index (χ1n) is 8.80. The van der Waals surface area contributed by atoms with Gasteiger partial charge in [0.1, 0.15) is 0 Å². The Balaban J connectivity index is 1.55. The van der Waals surface area contributed by atoms with Crippen molar-refractivity contribution in [3.05, 3.63) is 84.4 Å². The number of benzene rings is 4. The molecule has 5 rings (SSSR count). The molecule has 0 N–H and O–H groups in total. The number of hydrogen-bond acceptors (Lipinski definition) is 2. The first-order chi connectivity index (χ1) is 12.8. The van der Waals surface area contributed by atoms with Gasteiger partial charge >= 0.3 is 0 Å². The monoisotopic (exact) mass is 337 g/mol. The molecule has 4 aromatic carbocycles. The maximum atomic E-state index is 11.8. The summed E-state index contributed by atoms with van der Waals surface area (Å²) in [5, 5.41) is 17.7. The highest BCUT2D eigenvalue weighted by atomic mass is 16.5. The molecule has 0 saturated heterocycles. The maximum absolute atomic E-state index is 11.8. The molecule has 0 aliphatic carbocycles. The van der Waals surface area contributed by atoms with Gasteiger partial charge in [-0.2, -0.15) is 0 Å². The third kappa shape index (κ3) is 2.54. The lowest BCUT2D eigenvalue weighted by molar-refractivity contribution is -0.0789. The van der Waals surface area contributed by atoms with E-state index in [9.17, 15) is 5.21 Å². The van der Waals surface area contributed by atoms with Crippen LogP contribution in [-0.2, 0) is 5.21 Å². The Morgan fingerprint density at radius 2 is 1.27 bits per heavy atom. The zero-order valence-electron chi connectivity index (χ0n) is 14.2. The summed E-state index contributed by atoms with van der Waals surface area (Å²) < 4.78 is 0. The van der Waals surface area contributed by atoms with Gasteiger partial charge in [-0.15, -0.1) is 0 Å². The third-order valence-corrected chi connectivity index (χ3v) is 4.98. The zero-order valence-corrected chi connectivity index (χ0v) is 14.2. The second-order valence-electron chi connectivity index (χ2n) is 6.65. The van der Waals surface area contributed by atoms with Crippen LogP contribution in [0.3, 0.4) is 0 Å². The van der Waals surface area contributed by atoms with E-state index >= 15 is 0 Å². The van der Waals surface area contributed by atoms with Crippen molar-refractivity contribution in [2.24, 2.45) is 4.99 Å². The molecular formula is C23H17N2O. The van der Waals surface area contributed by atoms with Crippen LogP contribution < -0.4 is 0 Å². The van der Waals surface area contributed by atoms with E-state index in [0.717, 1.165) is 16.2 Å². The normalized spacial score (nSPS) is 14.2. The molecule has 0 aromatic heterocycles. The SMILES string of the molecule is [O]N1CCN=C1c1ccc(-c2ccc3cc4ccccc4cc3c2)cc1. The lowest BCUT2D eigenvalue weighted by Crippen LogP contribution is -2.22. The molecule has 1 heterocycles. The van der Waals surface area contributed by atoms with E-state index in [1.165, 1.54) is 27.1 Å². The standard InChI is InChI=1S/C23H17N2O/c26-25-12-11-24-23(25)17-7-5-16(6-8-17)20-9-10-21-13-18-3-1-2-4-19(18)14-22(21)15-20/h1-10,13-15H,11-12H2. The number of amidine groups is 1. The Morgan fingerprint density at radius 3 is 1.96 bits per heavy atom. The van der Waals surface area contributed by atoms with Crippen LogP contribution in [0.4, 0.5) is 0 Å². The summed E-state index contributed by atoms with van der Waals surface area (Å²) in [4.78, 5) is 4.29. The summed E-state index contributed by atoms with van der Waals surface area (Å²) in [6.07, 6.45) is 0. The van der Waals surface area contributed by atoms with Crippen molar-refractivity contribution in [3.63, 3.8) is 0 Å². The minimum Gasteiger partial charge on any atom is -0.264 e. The van der Waals surface area contributed by atoms with Crippen molar-refractivity contribution < 1.29 is 5.21 Å². The van der Waals surface area contributed by atoms with Crippen molar-refractivity contribution >= 4 is 27.4 Å². The van der Waals surface area contributed by atoms with Crippen molar-refractivity contribution in [1.29, 1.82) is 0 Å². The second kappa shape index (κ2) is 5.97. The van der Waals surface area contributed by atoms with E-state index < -0.39 is 0 Å². The number of hydrogen-bond donors (Lipinski definition) is 0. The molecule has 1 aliphatic heterocycles. The van der Waals surface area contributed by atoms with E-state index in [4.69, 9.17) is 0 Å². The smallest absolute Gasteiger partial charge is 0.158 e. The Labute approximate surface area is 151 Å². The summed E-state index contributed by atoms with van der Waals surface area (Å²) in [6.45, 7) is 1.04. The Kier molecular flexibility index (Phi) is 3.47. The van der Waals surface area contributed by atoms with E-state index in [1.54, 1.807) is 0 Å². The van der Waals surface area contributed by atoms with Crippen LogP contribution in [0.25, 0.3) is 32.7 Å². The highest BCUT2D eigenvalue weighted by molar-refractivity contribution is 6.01. The van der Waals surface area contributed by atoms with Gasteiger partial charge in [0.2, 0.25) is 0 Å². The molecule has 125 valence electrons. The first-order valence-corrected chi connectivity index (χ1v) is 8.80. The van der Waals surface area contributed by atoms with Gasteiger partial charge in [-0.1, -0.05) is 65.9 Å². The molecule has 1 radical (unpaired) electrons. The van der Waals surface area contributed by atoms with Gasteiger partial charge in [0.05, 0.1) is 13.1 Å². The van der Waals surface area contributed by atoms with Crippen molar-refractivity contribution in [2.75, 3.05) is 13.1 Å². The minimum absolute atomic E-state index is 0.454. The Morgan fingerprint density at radius 1 is 0.654 bits per heavy atom. The quantitative estimate of drug-likeness (QED) is 0.470. The zero-order chi connectivity index (χ0) is 17.5. The maximum Gasteiger partial charge on any atom is 0.158 e. The van der Waals surface area contributed by atoms with Crippen molar-refractivity contribution in [2.45, 2.75) is 0 Å². The van der Waals surface area contributed by atoms with Crippen LogP contribution in [0.2, 0.25) is 0 Å². The molecular weight excluding hydrogens is 320 g/mol. The lowest BCUT2D eigenvalue weighted by atomic mass is 9.98. The molecule has 0 amide bonds. The predicted molar refractivity (Wildman–Crippen MR) is 106 cm³/mol. The second-order valence-corrected chi connectivity index (χ2v) is 6.65. The molecule has 0 spiro atoms. The summed E-state index contributed by atoms with van der Waals surface area (Å²) >= 11 is 0. The molecule has 0 fully saturated rings. The molecule has 0 saturated carbocycles. The van der Waals surface area contributed by atoms with E-state index in [1.807, 2.05) is 12.1 Å². The summed E-state index contributed by atoms with van der Waals surface area (Å²) in [5.74, 6) is 0.543. The fourth-order valence-corrected chi connectivity index (χ4v) is 3.60. The van der Waals surface area contributed by atoms with Gasteiger partial charge in [-0.05, 0) is 50.9 Å². The average Bonchev–Trinajstić information content (AvgIpc) is 3.12. The van der Waals surface area contributed by atoms with Gasteiger partial charge in [0, 0.05) is 5.56 Å². The van der Waals surface area contributed by atoms with Crippen molar-refractivity contribution in [1.82, 2.24) is 5.06 Å². The van der Waals surface area contributed by atoms with Gasteiger partial charge in [-0.25, -0.2) is 5.06 Å². The number of fused-ring (bicyclic) bond motifs is 2.